The molecule has 0 aliphatic heterocycles. The highest BCUT2D eigenvalue weighted by Crippen LogP contribution is 2.62. The van der Waals surface area contributed by atoms with Crippen molar-refractivity contribution in [2.75, 3.05) is 19.4 Å². The first-order valence-corrected chi connectivity index (χ1v) is 12.7. The van der Waals surface area contributed by atoms with E-state index >= 15 is 0 Å². The molecule has 170 valence electrons. The maximum atomic E-state index is 12.7. The molecule has 7 heteroatoms. The average molecular weight is 455 g/mol. The monoisotopic (exact) mass is 454 g/mol. The van der Waals surface area contributed by atoms with Gasteiger partial charge in [-0.15, -0.1) is 0 Å². The van der Waals surface area contributed by atoms with Crippen LogP contribution in [0.25, 0.3) is 0 Å². The molecular weight excluding hydrogens is 424 g/mol. The summed E-state index contributed by atoms with van der Waals surface area (Å²) < 4.78 is 25.5. The number of anilines is 1. The van der Waals surface area contributed by atoms with Crippen LogP contribution in [0.5, 0.6) is 0 Å². The largest absolute Gasteiger partial charge is 0.390 e. The number of carbonyl (C=O) groups excluding carboxylic acids is 1. The van der Waals surface area contributed by atoms with Crippen molar-refractivity contribution in [3.05, 3.63) is 59.7 Å². The van der Waals surface area contributed by atoms with Crippen LogP contribution in [-0.2, 0) is 15.4 Å². The summed E-state index contributed by atoms with van der Waals surface area (Å²) in [7, 11) is -0.572. The van der Waals surface area contributed by atoms with Gasteiger partial charge in [-0.05, 0) is 97.7 Å². The van der Waals surface area contributed by atoms with Crippen LogP contribution in [0.3, 0.4) is 0 Å². The van der Waals surface area contributed by atoms with Crippen molar-refractivity contribution < 1.29 is 18.3 Å². The van der Waals surface area contributed by atoms with Gasteiger partial charge in [-0.2, -0.15) is 0 Å². The van der Waals surface area contributed by atoms with E-state index in [1.54, 1.807) is 0 Å². The minimum Gasteiger partial charge on any atom is -0.390 e. The number of sulfonamides is 1. The first-order valence-electron chi connectivity index (χ1n) is 11.3. The zero-order chi connectivity index (χ0) is 22.7. The highest BCUT2D eigenvalue weighted by molar-refractivity contribution is 7.89. The number of nitrogens with one attached hydrogen (secondary N) is 1. The third-order valence-corrected chi connectivity index (χ3v) is 9.51. The molecule has 4 fully saturated rings. The van der Waals surface area contributed by atoms with Crippen LogP contribution >= 0.6 is 0 Å². The number of hydrogen-bond acceptors (Lipinski definition) is 4. The van der Waals surface area contributed by atoms with E-state index in [9.17, 15) is 18.3 Å². The van der Waals surface area contributed by atoms with Gasteiger partial charge in [-0.25, -0.2) is 12.7 Å². The molecule has 6 rings (SSSR count). The van der Waals surface area contributed by atoms with Gasteiger partial charge >= 0.3 is 0 Å². The molecule has 2 aromatic carbocycles. The molecule has 0 radical (unpaired) electrons. The number of hydrogen-bond donors (Lipinski definition) is 2. The first kappa shape index (κ1) is 21.6. The average Bonchev–Trinajstić information content (AvgIpc) is 2.72. The summed E-state index contributed by atoms with van der Waals surface area (Å²) >= 11 is 0. The molecule has 4 atom stereocenters. The smallest absolute Gasteiger partial charge is 0.255 e. The standard InChI is InChI=1S/C25H30N2O4S/c1-27(2)32(30,31)22-9-3-19(4-10-22)23(28)26-21-7-5-20(6-8-21)24-12-17-11-18(13-24)15-25(29,14-17)16-24/h3-10,17-18,29H,11-16H2,1-2H3,(H,26,28)/t17-,18+,24?,25?. The second-order valence-electron chi connectivity index (χ2n) is 10.3. The van der Waals surface area contributed by atoms with Crippen LogP contribution in [-0.4, -0.2) is 43.4 Å². The van der Waals surface area contributed by atoms with Crippen LogP contribution in [0, 0.1) is 11.8 Å². The van der Waals surface area contributed by atoms with Gasteiger partial charge in [0, 0.05) is 25.3 Å². The summed E-state index contributed by atoms with van der Waals surface area (Å²) in [6.45, 7) is 0. The van der Waals surface area contributed by atoms with E-state index in [4.69, 9.17) is 0 Å². The van der Waals surface area contributed by atoms with Crippen LogP contribution in [0.4, 0.5) is 5.69 Å². The molecule has 0 spiro atoms. The Hall–Kier alpha value is -2.22. The van der Waals surface area contributed by atoms with Crippen molar-refractivity contribution in [3.8, 4) is 0 Å². The Morgan fingerprint density at radius 3 is 2.09 bits per heavy atom. The predicted molar refractivity (Wildman–Crippen MR) is 123 cm³/mol. The molecule has 0 saturated heterocycles. The quantitative estimate of drug-likeness (QED) is 0.720. The number of rotatable bonds is 5. The van der Waals surface area contributed by atoms with E-state index < -0.39 is 15.6 Å². The number of aliphatic hydroxyl groups is 1. The summed E-state index contributed by atoms with van der Waals surface area (Å²) in [5.74, 6) is 0.968. The van der Waals surface area contributed by atoms with Gasteiger partial charge in [0.05, 0.1) is 10.5 Å². The summed E-state index contributed by atoms with van der Waals surface area (Å²) in [5, 5.41) is 13.9. The van der Waals surface area contributed by atoms with Crippen molar-refractivity contribution in [1.29, 1.82) is 0 Å². The van der Waals surface area contributed by atoms with Gasteiger partial charge in [0.2, 0.25) is 10.0 Å². The van der Waals surface area contributed by atoms with Crippen LogP contribution < -0.4 is 5.32 Å². The lowest BCUT2D eigenvalue weighted by Gasteiger charge is -2.60. The number of carbonyl (C=O) groups is 1. The molecule has 32 heavy (non-hydrogen) atoms. The summed E-state index contributed by atoms with van der Waals surface area (Å²) in [6, 6.07) is 14.0. The van der Waals surface area contributed by atoms with E-state index in [-0.39, 0.29) is 16.2 Å². The number of amides is 1. The van der Waals surface area contributed by atoms with Gasteiger partial charge in [0.1, 0.15) is 0 Å². The lowest BCUT2D eigenvalue weighted by molar-refractivity contribution is -0.136. The van der Waals surface area contributed by atoms with E-state index in [2.05, 4.69) is 17.4 Å². The Bertz CT molecular complexity index is 1130. The van der Waals surface area contributed by atoms with Crippen molar-refractivity contribution in [2.45, 2.75) is 54.4 Å². The van der Waals surface area contributed by atoms with Crippen molar-refractivity contribution in [2.24, 2.45) is 11.8 Å². The summed E-state index contributed by atoms with van der Waals surface area (Å²) in [4.78, 5) is 12.8. The molecule has 0 aromatic heterocycles. The SMILES string of the molecule is CN(C)S(=O)(=O)c1ccc(C(=O)Nc2ccc(C34C[C@@H]5C[C@@H](CC(O)(C5)C3)C4)cc2)cc1. The van der Waals surface area contributed by atoms with Gasteiger partial charge < -0.3 is 10.4 Å². The fourth-order valence-electron chi connectivity index (χ4n) is 6.65. The third-order valence-electron chi connectivity index (χ3n) is 7.68. The van der Waals surface area contributed by atoms with Gasteiger partial charge in [0.15, 0.2) is 0 Å². The molecule has 1 amide bonds. The predicted octanol–water partition coefficient (Wildman–Crippen LogP) is 3.77. The van der Waals surface area contributed by atoms with Crippen LogP contribution in [0.15, 0.2) is 53.4 Å². The molecule has 6 nitrogen and oxygen atoms in total. The van der Waals surface area contributed by atoms with E-state index in [1.165, 1.54) is 50.3 Å². The topological polar surface area (TPSA) is 86.7 Å². The molecule has 2 N–H and O–H groups in total. The van der Waals surface area contributed by atoms with Gasteiger partial charge in [0.25, 0.3) is 5.91 Å². The fraction of sp³-hybridized carbons (Fsp3) is 0.480. The van der Waals surface area contributed by atoms with Crippen molar-refractivity contribution >= 4 is 21.6 Å². The maximum absolute atomic E-state index is 12.7. The minimum atomic E-state index is -3.52. The van der Waals surface area contributed by atoms with E-state index in [0.29, 0.717) is 23.1 Å². The Morgan fingerprint density at radius 1 is 0.969 bits per heavy atom. The number of benzene rings is 2. The lowest BCUT2D eigenvalue weighted by atomic mass is 9.46. The van der Waals surface area contributed by atoms with Crippen molar-refractivity contribution in [3.63, 3.8) is 0 Å². The Labute approximate surface area is 189 Å². The maximum Gasteiger partial charge on any atom is 0.255 e. The van der Waals surface area contributed by atoms with Crippen LogP contribution in [0.1, 0.15) is 54.4 Å². The normalized spacial score (nSPS) is 31.1. The lowest BCUT2D eigenvalue weighted by Crippen LogP contribution is -2.57. The summed E-state index contributed by atoms with van der Waals surface area (Å²) in [5.41, 5.74) is 1.93. The van der Waals surface area contributed by atoms with E-state index in [1.807, 2.05) is 12.1 Å². The molecule has 4 saturated carbocycles. The Kier molecular flexibility index (Phi) is 5.00. The molecule has 0 heterocycles. The van der Waals surface area contributed by atoms with E-state index in [0.717, 1.165) is 36.4 Å². The molecular formula is C25H30N2O4S. The van der Waals surface area contributed by atoms with Crippen LogP contribution in [0.2, 0.25) is 0 Å². The first-order chi connectivity index (χ1) is 15.1. The molecule has 2 aromatic rings. The molecule has 4 bridgehead atoms. The zero-order valence-electron chi connectivity index (χ0n) is 18.5. The van der Waals surface area contributed by atoms with Crippen molar-refractivity contribution in [1.82, 2.24) is 4.31 Å². The second-order valence-corrected chi connectivity index (χ2v) is 12.5. The highest BCUT2D eigenvalue weighted by atomic mass is 32.2. The fourth-order valence-corrected chi connectivity index (χ4v) is 7.55. The second kappa shape index (κ2) is 7.40. The Balaban J connectivity index is 1.30. The summed E-state index contributed by atoms with van der Waals surface area (Å²) in [6.07, 6.45) is 6.31. The molecule has 2 unspecified atom stereocenters. The molecule has 4 aliphatic rings. The van der Waals surface area contributed by atoms with Gasteiger partial charge in [-0.3, -0.25) is 4.79 Å². The zero-order valence-corrected chi connectivity index (χ0v) is 19.4. The minimum absolute atomic E-state index is 0.0646. The highest BCUT2D eigenvalue weighted by Gasteiger charge is 2.57. The molecule has 4 aliphatic carbocycles. The number of nitrogens with zero attached hydrogens (tertiary/aromatic N) is 1. The Morgan fingerprint density at radius 2 is 1.56 bits per heavy atom. The van der Waals surface area contributed by atoms with Gasteiger partial charge in [-0.1, -0.05) is 12.1 Å². The third kappa shape index (κ3) is 3.66.